The fourth-order valence-electron chi connectivity index (χ4n) is 1.28. The van der Waals surface area contributed by atoms with Crippen molar-refractivity contribution in [3.8, 4) is 11.5 Å². The van der Waals surface area contributed by atoms with E-state index in [-0.39, 0.29) is 5.75 Å². The molecule has 15 heavy (non-hydrogen) atoms. The van der Waals surface area contributed by atoms with E-state index in [9.17, 15) is 8.42 Å². The lowest BCUT2D eigenvalue weighted by Crippen LogP contribution is -2.15. The summed E-state index contributed by atoms with van der Waals surface area (Å²) in [6, 6.07) is 5.00. The van der Waals surface area contributed by atoms with Gasteiger partial charge in [0.25, 0.3) is 0 Å². The van der Waals surface area contributed by atoms with Gasteiger partial charge in [-0.1, -0.05) is 12.1 Å². The Kier molecular flexibility index (Phi) is 3.54. The normalized spacial score (nSPS) is 11.1. The Balaban J connectivity index is 3.18. The van der Waals surface area contributed by atoms with Crippen LogP contribution in [0.3, 0.4) is 0 Å². The van der Waals surface area contributed by atoms with Crippen LogP contribution in [0.1, 0.15) is 5.56 Å². The lowest BCUT2D eigenvalue weighted by Gasteiger charge is -2.11. The molecule has 0 spiro atoms. The summed E-state index contributed by atoms with van der Waals surface area (Å²) in [5.41, 5.74) is 0.486. The highest BCUT2D eigenvalue weighted by atomic mass is 32.2. The van der Waals surface area contributed by atoms with E-state index < -0.39 is 10.0 Å². The van der Waals surface area contributed by atoms with E-state index in [4.69, 9.17) is 14.6 Å². The van der Waals surface area contributed by atoms with E-state index in [1.165, 1.54) is 14.2 Å². The number of para-hydroxylation sites is 1. The van der Waals surface area contributed by atoms with Gasteiger partial charge >= 0.3 is 0 Å². The number of methoxy groups -OCH3 is 2. The zero-order chi connectivity index (χ0) is 11.5. The molecule has 0 aromatic heterocycles. The van der Waals surface area contributed by atoms with Crippen molar-refractivity contribution in [3.05, 3.63) is 23.8 Å². The predicted molar refractivity (Wildman–Crippen MR) is 56.4 cm³/mol. The van der Waals surface area contributed by atoms with Gasteiger partial charge in [0.2, 0.25) is 10.0 Å². The number of ether oxygens (including phenoxy) is 2. The minimum absolute atomic E-state index is 0.270. The van der Waals surface area contributed by atoms with E-state index >= 15 is 0 Å². The number of primary sulfonamides is 1. The molecule has 0 amide bonds. The standard InChI is InChI=1S/C9H13NO4S/c1-13-8-5-3-4-7(9(8)14-2)6-15(10,11)12/h3-5H,6H2,1-2H3,(H2,10,11,12). The summed E-state index contributed by atoms with van der Waals surface area (Å²) < 4.78 is 32.0. The van der Waals surface area contributed by atoms with Gasteiger partial charge < -0.3 is 9.47 Å². The topological polar surface area (TPSA) is 78.6 Å². The SMILES string of the molecule is COc1cccc(CS(N)(=O)=O)c1OC. The molecule has 0 fully saturated rings. The average molecular weight is 231 g/mol. The second kappa shape index (κ2) is 4.50. The third-order valence-electron chi connectivity index (χ3n) is 1.84. The van der Waals surface area contributed by atoms with Crippen molar-refractivity contribution >= 4 is 10.0 Å². The van der Waals surface area contributed by atoms with Crippen molar-refractivity contribution in [1.29, 1.82) is 0 Å². The van der Waals surface area contributed by atoms with E-state index in [0.29, 0.717) is 17.1 Å². The van der Waals surface area contributed by atoms with Gasteiger partial charge in [-0.05, 0) is 6.07 Å². The van der Waals surface area contributed by atoms with Crippen LogP contribution in [0.15, 0.2) is 18.2 Å². The van der Waals surface area contributed by atoms with Gasteiger partial charge in [-0.3, -0.25) is 0 Å². The molecule has 0 unspecified atom stereocenters. The molecule has 0 bridgehead atoms. The van der Waals surface area contributed by atoms with E-state index in [1.807, 2.05) is 0 Å². The monoisotopic (exact) mass is 231 g/mol. The van der Waals surface area contributed by atoms with Crippen molar-refractivity contribution in [1.82, 2.24) is 0 Å². The Labute approximate surface area is 88.9 Å². The number of nitrogens with two attached hydrogens (primary N) is 1. The van der Waals surface area contributed by atoms with E-state index in [0.717, 1.165) is 0 Å². The fourth-order valence-corrected chi connectivity index (χ4v) is 1.94. The smallest absolute Gasteiger partial charge is 0.213 e. The van der Waals surface area contributed by atoms with Gasteiger partial charge in [-0.15, -0.1) is 0 Å². The maximum absolute atomic E-state index is 10.9. The van der Waals surface area contributed by atoms with Gasteiger partial charge in [-0.2, -0.15) is 0 Å². The first kappa shape index (κ1) is 11.8. The van der Waals surface area contributed by atoms with Gasteiger partial charge in [0.15, 0.2) is 11.5 Å². The second-order valence-electron chi connectivity index (χ2n) is 2.96. The third-order valence-corrected chi connectivity index (χ3v) is 2.55. The Bertz CT molecular complexity index is 441. The molecular formula is C9H13NO4S. The van der Waals surface area contributed by atoms with Gasteiger partial charge in [-0.25, -0.2) is 13.6 Å². The van der Waals surface area contributed by atoms with E-state index in [2.05, 4.69) is 0 Å². The number of hydrogen-bond acceptors (Lipinski definition) is 4. The zero-order valence-electron chi connectivity index (χ0n) is 8.56. The Hall–Kier alpha value is -1.27. The minimum Gasteiger partial charge on any atom is -0.493 e. The molecule has 84 valence electrons. The van der Waals surface area contributed by atoms with Crippen molar-refractivity contribution in [2.45, 2.75) is 5.75 Å². The molecule has 0 saturated carbocycles. The highest BCUT2D eigenvalue weighted by Crippen LogP contribution is 2.31. The Morgan fingerprint density at radius 3 is 2.40 bits per heavy atom. The fraction of sp³-hybridized carbons (Fsp3) is 0.333. The average Bonchev–Trinajstić information content (AvgIpc) is 2.15. The molecule has 2 N–H and O–H groups in total. The molecule has 0 atom stereocenters. The van der Waals surface area contributed by atoms with Gasteiger partial charge in [0.05, 0.1) is 20.0 Å². The highest BCUT2D eigenvalue weighted by molar-refractivity contribution is 7.88. The molecular weight excluding hydrogens is 218 g/mol. The predicted octanol–water partition coefficient (Wildman–Crippen LogP) is 0.492. The van der Waals surface area contributed by atoms with Crippen LogP contribution in [0.5, 0.6) is 11.5 Å². The molecule has 0 saturated heterocycles. The molecule has 0 aliphatic rings. The van der Waals surface area contributed by atoms with Crippen molar-refractivity contribution in [2.75, 3.05) is 14.2 Å². The molecule has 0 radical (unpaired) electrons. The molecule has 5 nitrogen and oxygen atoms in total. The lowest BCUT2D eigenvalue weighted by molar-refractivity contribution is 0.352. The highest BCUT2D eigenvalue weighted by Gasteiger charge is 2.13. The van der Waals surface area contributed by atoms with Crippen molar-refractivity contribution in [3.63, 3.8) is 0 Å². The zero-order valence-corrected chi connectivity index (χ0v) is 9.37. The Morgan fingerprint density at radius 2 is 1.93 bits per heavy atom. The summed E-state index contributed by atoms with van der Waals surface area (Å²) in [5.74, 6) is 0.612. The first-order valence-corrected chi connectivity index (χ1v) is 5.90. The summed E-state index contributed by atoms with van der Waals surface area (Å²) in [4.78, 5) is 0. The lowest BCUT2D eigenvalue weighted by atomic mass is 10.2. The molecule has 0 aliphatic heterocycles. The van der Waals surface area contributed by atoms with Crippen LogP contribution in [0.2, 0.25) is 0 Å². The molecule has 1 rings (SSSR count). The van der Waals surface area contributed by atoms with Crippen molar-refractivity contribution in [2.24, 2.45) is 5.14 Å². The third kappa shape index (κ3) is 3.10. The summed E-state index contributed by atoms with van der Waals surface area (Å²) in [5, 5.41) is 4.96. The summed E-state index contributed by atoms with van der Waals surface area (Å²) in [7, 11) is -0.637. The minimum atomic E-state index is -3.57. The maximum Gasteiger partial charge on any atom is 0.213 e. The van der Waals surface area contributed by atoms with E-state index in [1.54, 1.807) is 18.2 Å². The number of rotatable bonds is 4. The maximum atomic E-state index is 10.9. The van der Waals surface area contributed by atoms with Crippen LogP contribution in [0, 0.1) is 0 Å². The van der Waals surface area contributed by atoms with Crippen LogP contribution in [-0.2, 0) is 15.8 Å². The first-order valence-electron chi connectivity index (χ1n) is 4.18. The molecule has 1 aromatic carbocycles. The number of benzene rings is 1. The Morgan fingerprint density at radius 1 is 1.27 bits per heavy atom. The van der Waals surface area contributed by atoms with Crippen LogP contribution in [0.4, 0.5) is 0 Å². The summed E-state index contributed by atoms with van der Waals surface area (Å²) >= 11 is 0. The van der Waals surface area contributed by atoms with Gasteiger partial charge in [0.1, 0.15) is 0 Å². The van der Waals surface area contributed by atoms with Crippen LogP contribution in [-0.4, -0.2) is 22.6 Å². The van der Waals surface area contributed by atoms with Crippen LogP contribution in [0.25, 0.3) is 0 Å². The quantitative estimate of drug-likeness (QED) is 0.818. The largest absolute Gasteiger partial charge is 0.493 e. The molecule has 1 aromatic rings. The van der Waals surface area contributed by atoms with Crippen LogP contribution < -0.4 is 14.6 Å². The molecule has 6 heteroatoms. The van der Waals surface area contributed by atoms with Gasteiger partial charge in [0, 0.05) is 5.56 Å². The number of hydrogen-bond donors (Lipinski definition) is 1. The summed E-state index contributed by atoms with van der Waals surface area (Å²) in [6.45, 7) is 0. The molecule has 0 heterocycles. The van der Waals surface area contributed by atoms with Crippen molar-refractivity contribution < 1.29 is 17.9 Å². The number of sulfonamides is 1. The first-order chi connectivity index (χ1) is 6.98. The molecule has 0 aliphatic carbocycles. The van der Waals surface area contributed by atoms with Crippen LogP contribution >= 0.6 is 0 Å². The second-order valence-corrected chi connectivity index (χ2v) is 4.57. The summed E-state index contributed by atoms with van der Waals surface area (Å²) in [6.07, 6.45) is 0.